The van der Waals surface area contributed by atoms with E-state index in [1.807, 2.05) is 30.3 Å². The Bertz CT molecular complexity index is 1780. The minimum Gasteiger partial charge on any atom is -0.493 e. The Morgan fingerprint density at radius 1 is 0.974 bits per heavy atom. The zero-order valence-electron chi connectivity index (χ0n) is 21.4. The lowest BCUT2D eigenvalue weighted by Gasteiger charge is -2.27. The highest BCUT2D eigenvalue weighted by Crippen LogP contribution is 2.39. The van der Waals surface area contributed by atoms with Crippen molar-refractivity contribution in [3.8, 4) is 11.6 Å². The van der Waals surface area contributed by atoms with Crippen LogP contribution < -0.4 is 10.9 Å². The van der Waals surface area contributed by atoms with Gasteiger partial charge in [0.15, 0.2) is 5.69 Å². The van der Waals surface area contributed by atoms with Gasteiger partial charge in [0.25, 0.3) is 11.5 Å². The number of aryl methyl sites for hydroxylation is 1. The van der Waals surface area contributed by atoms with Crippen LogP contribution in [0.5, 0.6) is 5.88 Å². The van der Waals surface area contributed by atoms with Gasteiger partial charge in [0.1, 0.15) is 5.82 Å². The summed E-state index contributed by atoms with van der Waals surface area (Å²) in [5.74, 6) is -0.0361. The molecule has 2 N–H and O–H groups in total. The molecule has 0 spiro atoms. The summed E-state index contributed by atoms with van der Waals surface area (Å²) in [4.78, 5) is 32.8. The molecule has 39 heavy (non-hydrogen) atoms. The van der Waals surface area contributed by atoms with E-state index >= 15 is 0 Å². The fourth-order valence-corrected chi connectivity index (χ4v) is 5.02. The molecule has 196 valence electrons. The molecule has 0 saturated carbocycles. The molecular weight excluding hydrogens is 494 g/mol. The van der Waals surface area contributed by atoms with Gasteiger partial charge < -0.3 is 10.4 Å². The maximum absolute atomic E-state index is 13.1. The van der Waals surface area contributed by atoms with E-state index in [1.54, 1.807) is 54.0 Å². The molecule has 1 fully saturated rings. The van der Waals surface area contributed by atoms with Gasteiger partial charge in [-0.15, -0.1) is 10.2 Å². The number of nitrogens with one attached hydrogen (secondary N) is 1. The highest BCUT2D eigenvalue weighted by atomic mass is 16.3. The largest absolute Gasteiger partial charge is 0.493 e. The Kier molecular flexibility index (Phi) is 6.47. The lowest BCUT2D eigenvalue weighted by atomic mass is 10.2. The number of piperazine rings is 1. The predicted molar refractivity (Wildman–Crippen MR) is 149 cm³/mol. The van der Waals surface area contributed by atoms with Gasteiger partial charge in [-0.25, -0.2) is 4.98 Å². The summed E-state index contributed by atoms with van der Waals surface area (Å²) in [6.45, 7) is 5.82. The van der Waals surface area contributed by atoms with E-state index in [9.17, 15) is 14.7 Å². The number of hydrogen-bond acceptors (Lipinski definition) is 7. The van der Waals surface area contributed by atoms with E-state index < -0.39 is 5.91 Å². The van der Waals surface area contributed by atoms with Gasteiger partial charge in [0.05, 0.1) is 28.8 Å². The van der Waals surface area contributed by atoms with Gasteiger partial charge in [-0.2, -0.15) is 0 Å². The molecule has 10 heteroatoms. The SMILES string of the molecule is Cc1nc2ccccc2c(=O)n1-c1ccc(C(=O)N=Nc2c(O)n(CN3CCNCC3)c3ccccc23)cc1. The highest BCUT2D eigenvalue weighted by Gasteiger charge is 2.20. The Hall–Kier alpha value is -4.67. The monoisotopic (exact) mass is 521 g/mol. The third-order valence-corrected chi connectivity index (χ3v) is 7.03. The molecule has 1 amide bonds. The van der Waals surface area contributed by atoms with Crippen LogP contribution in [0.1, 0.15) is 16.2 Å². The smallest absolute Gasteiger partial charge is 0.295 e. The number of fused-ring (bicyclic) bond motifs is 2. The van der Waals surface area contributed by atoms with Crippen LogP contribution in [-0.4, -0.2) is 56.2 Å². The van der Waals surface area contributed by atoms with E-state index in [0.717, 1.165) is 37.1 Å². The number of azo groups is 1. The van der Waals surface area contributed by atoms with Crippen molar-refractivity contribution in [1.29, 1.82) is 0 Å². The average molecular weight is 522 g/mol. The predicted octanol–water partition coefficient (Wildman–Crippen LogP) is 4.14. The molecule has 1 aliphatic rings. The Morgan fingerprint density at radius 3 is 2.44 bits per heavy atom. The van der Waals surface area contributed by atoms with Crippen molar-refractivity contribution in [2.45, 2.75) is 13.6 Å². The number of carbonyl (C=O) groups is 1. The minimum absolute atomic E-state index is 0.0275. The second kappa shape index (κ2) is 10.2. The van der Waals surface area contributed by atoms with E-state index in [4.69, 9.17) is 0 Å². The first-order valence-corrected chi connectivity index (χ1v) is 12.8. The molecular formula is C29H27N7O3. The Balaban J connectivity index is 1.28. The van der Waals surface area contributed by atoms with Gasteiger partial charge in [0.2, 0.25) is 5.88 Å². The van der Waals surface area contributed by atoms with Gasteiger partial charge in [-0.3, -0.25) is 23.6 Å². The molecule has 0 bridgehead atoms. The number of carbonyl (C=O) groups excluding carboxylic acids is 1. The van der Waals surface area contributed by atoms with Crippen molar-refractivity contribution in [1.82, 2.24) is 24.3 Å². The van der Waals surface area contributed by atoms with Gasteiger partial charge in [-0.05, 0) is 49.4 Å². The summed E-state index contributed by atoms with van der Waals surface area (Å²) in [7, 11) is 0. The second-order valence-electron chi connectivity index (χ2n) is 9.50. The van der Waals surface area contributed by atoms with Crippen molar-refractivity contribution in [3.63, 3.8) is 0 Å². The van der Waals surface area contributed by atoms with Crippen LogP contribution in [0.3, 0.4) is 0 Å². The normalized spacial score (nSPS) is 14.5. The van der Waals surface area contributed by atoms with Crippen molar-refractivity contribution < 1.29 is 9.90 Å². The molecule has 2 aromatic heterocycles. The van der Waals surface area contributed by atoms with E-state index in [0.29, 0.717) is 34.6 Å². The molecule has 0 radical (unpaired) electrons. The molecule has 0 aliphatic carbocycles. The number of nitrogens with zero attached hydrogens (tertiary/aromatic N) is 6. The van der Waals surface area contributed by atoms with Crippen molar-refractivity contribution >= 4 is 33.4 Å². The molecule has 6 rings (SSSR count). The van der Waals surface area contributed by atoms with Crippen LogP contribution in [0.4, 0.5) is 5.69 Å². The summed E-state index contributed by atoms with van der Waals surface area (Å²) in [5, 5.41) is 23.7. The number of benzene rings is 3. The van der Waals surface area contributed by atoms with E-state index in [1.165, 1.54) is 4.57 Å². The first-order valence-electron chi connectivity index (χ1n) is 12.8. The van der Waals surface area contributed by atoms with Crippen LogP contribution in [-0.2, 0) is 6.67 Å². The Morgan fingerprint density at radius 2 is 1.67 bits per heavy atom. The van der Waals surface area contributed by atoms with Crippen LogP contribution in [0, 0.1) is 6.92 Å². The van der Waals surface area contributed by atoms with Crippen LogP contribution >= 0.6 is 0 Å². The fraction of sp³-hybridized carbons (Fsp3) is 0.207. The topological polar surface area (TPSA) is 117 Å². The third-order valence-electron chi connectivity index (χ3n) is 7.03. The molecule has 3 heterocycles. The molecule has 0 unspecified atom stereocenters. The summed E-state index contributed by atoms with van der Waals surface area (Å²) < 4.78 is 3.31. The molecule has 5 aromatic rings. The van der Waals surface area contributed by atoms with Crippen molar-refractivity contribution in [2.24, 2.45) is 10.2 Å². The number of rotatable bonds is 5. The Labute approximate surface area is 223 Å². The molecule has 1 aliphatic heterocycles. The molecule has 10 nitrogen and oxygen atoms in total. The maximum atomic E-state index is 13.1. The molecule has 1 saturated heterocycles. The number of aromatic nitrogens is 3. The highest BCUT2D eigenvalue weighted by molar-refractivity contribution is 5.97. The summed E-state index contributed by atoms with van der Waals surface area (Å²) in [5.41, 5.74) is 2.45. The van der Waals surface area contributed by atoms with Crippen LogP contribution in [0.25, 0.3) is 27.5 Å². The first kappa shape index (κ1) is 24.7. The standard InChI is InChI=1S/C29H27N7O3/c1-19-31-24-8-4-2-6-22(24)28(38)36(19)21-12-10-20(11-13-21)27(37)33-32-26-23-7-3-5-9-25(23)35(29(26)39)18-34-16-14-30-15-17-34/h2-13,30,39H,14-18H2,1H3. The van der Waals surface area contributed by atoms with Crippen molar-refractivity contribution in [3.05, 3.63) is 94.5 Å². The summed E-state index contributed by atoms with van der Waals surface area (Å²) >= 11 is 0. The van der Waals surface area contributed by atoms with E-state index in [-0.39, 0.29) is 17.1 Å². The number of aromatic hydroxyl groups is 1. The van der Waals surface area contributed by atoms with Crippen LogP contribution in [0.2, 0.25) is 0 Å². The van der Waals surface area contributed by atoms with Crippen LogP contribution in [0.15, 0.2) is 87.8 Å². The quantitative estimate of drug-likeness (QED) is 0.336. The number of amides is 1. The fourth-order valence-electron chi connectivity index (χ4n) is 5.02. The zero-order chi connectivity index (χ0) is 26.9. The maximum Gasteiger partial charge on any atom is 0.295 e. The number of hydrogen-bond donors (Lipinski definition) is 2. The molecule has 0 atom stereocenters. The van der Waals surface area contributed by atoms with Gasteiger partial charge >= 0.3 is 0 Å². The third kappa shape index (κ3) is 4.60. The summed E-state index contributed by atoms with van der Waals surface area (Å²) in [6, 6.07) is 21.3. The van der Waals surface area contributed by atoms with Crippen molar-refractivity contribution in [2.75, 3.05) is 26.2 Å². The second-order valence-corrected chi connectivity index (χ2v) is 9.50. The summed E-state index contributed by atoms with van der Waals surface area (Å²) in [6.07, 6.45) is 0. The lowest BCUT2D eigenvalue weighted by molar-refractivity contribution is 0.0995. The number of para-hydroxylation sites is 2. The first-order chi connectivity index (χ1) is 19.0. The lowest BCUT2D eigenvalue weighted by Crippen LogP contribution is -2.43. The zero-order valence-corrected chi connectivity index (χ0v) is 21.4. The average Bonchev–Trinajstić information content (AvgIpc) is 3.23. The minimum atomic E-state index is -0.555. The van der Waals surface area contributed by atoms with Gasteiger partial charge in [-0.1, -0.05) is 30.3 Å². The van der Waals surface area contributed by atoms with E-state index in [2.05, 4.69) is 25.4 Å². The van der Waals surface area contributed by atoms with Gasteiger partial charge in [0, 0.05) is 37.1 Å². The molecule has 3 aromatic carbocycles.